The van der Waals surface area contributed by atoms with Gasteiger partial charge in [-0.3, -0.25) is 0 Å². The molecule has 0 saturated heterocycles. The minimum atomic E-state index is -1.22. The highest BCUT2D eigenvalue weighted by atomic mass is 16.4. The molecule has 1 atom stereocenters. The molecule has 3 aromatic rings. The van der Waals surface area contributed by atoms with E-state index >= 15 is 0 Å². The van der Waals surface area contributed by atoms with E-state index in [1.54, 1.807) is 0 Å². The third kappa shape index (κ3) is 2.67. The van der Waals surface area contributed by atoms with Crippen molar-refractivity contribution >= 4 is 11.0 Å². The van der Waals surface area contributed by atoms with Crippen molar-refractivity contribution in [1.82, 2.24) is 0 Å². The molecule has 0 aliphatic heterocycles. The number of aryl methyl sites for hydroxylation is 2. The van der Waals surface area contributed by atoms with Crippen LogP contribution in [0.4, 0.5) is 0 Å². The molecule has 0 saturated carbocycles. The van der Waals surface area contributed by atoms with Gasteiger partial charge < -0.3 is 9.52 Å². The Bertz CT molecular complexity index is 784. The van der Waals surface area contributed by atoms with Gasteiger partial charge >= 0.3 is 0 Å². The van der Waals surface area contributed by atoms with Crippen molar-refractivity contribution in [2.45, 2.75) is 18.9 Å². The summed E-state index contributed by atoms with van der Waals surface area (Å²) in [6.07, 6.45) is 0.355. The van der Waals surface area contributed by atoms with E-state index in [2.05, 4.69) is 12.1 Å². The van der Waals surface area contributed by atoms with Crippen molar-refractivity contribution in [2.24, 2.45) is 0 Å². The summed E-state index contributed by atoms with van der Waals surface area (Å²) in [4.78, 5) is 0. The van der Waals surface area contributed by atoms with E-state index in [-0.39, 0.29) is 0 Å². The topological polar surface area (TPSA) is 57.2 Å². The molecule has 0 bridgehead atoms. The second-order valence-corrected chi connectivity index (χ2v) is 4.96. The lowest BCUT2D eigenvalue weighted by Gasteiger charge is -2.04. The molecule has 0 amide bonds. The first-order chi connectivity index (χ1) is 10.3. The minimum absolute atomic E-state index is 0.370. The second-order valence-electron chi connectivity index (χ2n) is 4.96. The lowest BCUT2D eigenvalue weighted by atomic mass is 10.00. The summed E-state index contributed by atoms with van der Waals surface area (Å²) < 4.78 is 5.67. The Kier molecular flexibility index (Phi) is 3.72. The van der Waals surface area contributed by atoms with Crippen LogP contribution in [0, 0.1) is 11.3 Å². The Balaban J connectivity index is 1.97. The van der Waals surface area contributed by atoms with E-state index in [4.69, 9.17) is 9.68 Å². The fraction of sp³-hybridized carbons (Fsp3) is 0.167. The monoisotopic (exact) mass is 277 g/mol. The van der Waals surface area contributed by atoms with E-state index in [0.717, 1.165) is 23.8 Å². The lowest BCUT2D eigenvalue weighted by Crippen LogP contribution is -1.99. The molecule has 0 aliphatic rings. The summed E-state index contributed by atoms with van der Waals surface area (Å²) >= 11 is 0. The van der Waals surface area contributed by atoms with Gasteiger partial charge in [0.1, 0.15) is 11.7 Å². The molecular formula is C18H15NO2. The average molecular weight is 277 g/mol. The van der Waals surface area contributed by atoms with Crippen LogP contribution in [0.15, 0.2) is 59.0 Å². The molecule has 3 heteroatoms. The molecule has 21 heavy (non-hydrogen) atoms. The van der Waals surface area contributed by atoms with Crippen LogP contribution in [0.3, 0.4) is 0 Å². The molecular weight excluding hydrogens is 262 g/mol. The standard InChI is InChI=1S/C18H15NO2/c19-12-16(20)18-15(11-10-13-6-2-1-3-7-13)14-8-4-5-9-17(14)21-18/h1-9,16,20H,10-11H2. The van der Waals surface area contributed by atoms with Crippen molar-refractivity contribution in [3.8, 4) is 6.07 Å². The van der Waals surface area contributed by atoms with E-state index in [1.165, 1.54) is 5.56 Å². The zero-order valence-corrected chi connectivity index (χ0v) is 11.5. The summed E-state index contributed by atoms with van der Waals surface area (Å²) in [5, 5.41) is 19.8. The number of furan rings is 1. The van der Waals surface area contributed by atoms with Gasteiger partial charge in [-0.25, -0.2) is 0 Å². The van der Waals surface area contributed by atoms with Gasteiger partial charge in [0, 0.05) is 10.9 Å². The van der Waals surface area contributed by atoms with Crippen LogP contribution < -0.4 is 0 Å². The number of hydrogen-bond donors (Lipinski definition) is 1. The Morgan fingerprint density at radius 1 is 1.00 bits per heavy atom. The van der Waals surface area contributed by atoms with Crippen LogP contribution in [0.25, 0.3) is 11.0 Å². The van der Waals surface area contributed by atoms with E-state index in [1.807, 2.05) is 48.5 Å². The van der Waals surface area contributed by atoms with Gasteiger partial charge in [-0.05, 0) is 24.5 Å². The van der Waals surface area contributed by atoms with Gasteiger partial charge in [0.25, 0.3) is 0 Å². The van der Waals surface area contributed by atoms with E-state index < -0.39 is 6.10 Å². The summed E-state index contributed by atoms with van der Waals surface area (Å²) in [6, 6.07) is 19.6. The van der Waals surface area contributed by atoms with Gasteiger partial charge in [0.05, 0.1) is 0 Å². The van der Waals surface area contributed by atoms with Crippen LogP contribution in [0.2, 0.25) is 0 Å². The summed E-state index contributed by atoms with van der Waals surface area (Å²) in [6.45, 7) is 0. The number of benzene rings is 2. The predicted molar refractivity (Wildman–Crippen MR) is 80.6 cm³/mol. The SMILES string of the molecule is N#CC(O)c1oc2ccccc2c1CCc1ccccc1. The maximum atomic E-state index is 9.85. The highest BCUT2D eigenvalue weighted by Gasteiger charge is 2.20. The molecule has 1 N–H and O–H groups in total. The maximum absolute atomic E-state index is 9.85. The van der Waals surface area contributed by atoms with Crippen molar-refractivity contribution < 1.29 is 9.52 Å². The minimum Gasteiger partial charge on any atom is -0.457 e. The summed E-state index contributed by atoms with van der Waals surface area (Å²) in [5.74, 6) is 0.370. The molecule has 0 aliphatic carbocycles. The van der Waals surface area contributed by atoms with Crippen LogP contribution in [-0.2, 0) is 12.8 Å². The van der Waals surface area contributed by atoms with Gasteiger partial charge in [-0.1, -0.05) is 48.5 Å². The highest BCUT2D eigenvalue weighted by Crippen LogP contribution is 2.31. The molecule has 1 heterocycles. The zero-order valence-electron chi connectivity index (χ0n) is 11.5. The lowest BCUT2D eigenvalue weighted by molar-refractivity contribution is 0.205. The molecule has 104 valence electrons. The smallest absolute Gasteiger partial charge is 0.199 e. The van der Waals surface area contributed by atoms with Crippen molar-refractivity contribution in [2.75, 3.05) is 0 Å². The van der Waals surface area contributed by atoms with Crippen LogP contribution >= 0.6 is 0 Å². The first kappa shape index (κ1) is 13.4. The highest BCUT2D eigenvalue weighted by molar-refractivity contribution is 5.82. The number of hydrogen-bond acceptors (Lipinski definition) is 3. The number of aliphatic hydroxyl groups excluding tert-OH is 1. The Labute approximate surface area is 123 Å². The van der Waals surface area contributed by atoms with Crippen molar-refractivity contribution in [3.05, 3.63) is 71.5 Å². The van der Waals surface area contributed by atoms with Crippen LogP contribution in [-0.4, -0.2) is 5.11 Å². The number of para-hydroxylation sites is 1. The van der Waals surface area contributed by atoms with Crippen molar-refractivity contribution in [1.29, 1.82) is 5.26 Å². The Hall–Kier alpha value is -2.57. The number of fused-ring (bicyclic) bond motifs is 1. The first-order valence-electron chi connectivity index (χ1n) is 6.91. The van der Waals surface area contributed by atoms with Crippen LogP contribution in [0.5, 0.6) is 0 Å². The third-order valence-electron chi connectivity index (χ3n) is 3.61. The summed E-state index contributed by atoms with van der Waals surface area (Å²) in [5.41, 5.74) is 2.86. The molecule has 3 rings (SSSR count). The van der Waals surface area contributed by atoms with Gasteiger partial charge in [-0.2, -0.15) is 5.26 Å². The molecule has 2 aromatic carbocycles. The number of rotatable bonds is 4. The van der Waals surface area contributed by atoms with Crippen molar-refractivity contribution in [3.63, 3.8) is 0 Å². The fourth-order valence-corrected chi connectivity index (χ4v) is 2.57. The molecule has 3 nitrogen and oxygen atoms in total. The van der Waals surface area contributed by atoms with Gasteiger partial charge in [0.2, 0.25) is 0 Å². The third-order valence-corrected chi connectivity index (χ3v) is 3.61. The number of nitrogens with zero attached hydrogens (tertiary/aromatic N) is 1. The average Bonchev–Trinajstić information content (AvgIpc) is 2.92. The van der Waals surface area contributed by atoms with E-state index in [0.29, 0.717) is 11.3 Å². The molecule has 1 aromatic heterocycles. The molecule has 0 radical (unpaired) electrons. The maximum Gasteiger partial charge on any atom is 0.199 e. The number of aliphatic hydroxyl groups is 1. The van der Waals surface area contributed by atoms with Gasteiger partial charge in [0.15, 0.2) is 11.9 Å². The zero-order chi connectivity index (χ0) is 14.7. The normalized spacial score (nSPS) is 12.2. The van der Waals surface area contributed by atoms with Crippen LogP contribution in [0.1, 0.15) is 23.0 Å². The number of nitriles is 1. The molecule has 1 unspecified atom stereocenters. The quantitative estimate of drug-likeness (QED) is 0.738. The Morgan fingerprint density at radius 3 is 2.48 bits per heavy atom. The first-order valence-corrected chi connectivity index (χ1v) is 6.91. The largest absolute Gasteiger partial charge is 0.457 e. The van der Waals surface area contributed by atoms with Gasteiger partial charge in [-0.15, -0.1) is 0 Å². The predicted octanol–water partition coefficient (Wildman–Crippen LogP) is 3.77. The fourth-order valence-electron chi connectivity index (χ4n) is 2.57. The molecule has 0 spiro atoms. The molecule has 0 fully saturated rings. The second kappa shape index (κ2) is 5.82. The summed E-state index contributed by atoms with van der Waals surface area (Å²) in [7, 11) is 0. The van der Waals surface area contributed by atoms with E-state index in [9.17, 15) is 5.11 Å². The Morgan fingerprint density at radius 2 is 1.71 bits per heavy atom.